The van der Waals surface area contributed by atoms with Crippen LogP contribution in [0.5, 0.6) is 0 Å². The van der Waals surface area contributed by atoms with E-state index < -0.39 is 16.0 Å². The first-order chi connectivity index (χ1) is 13.3. The number of rotatable bonds is 4. The number of hydrogen-bond donors (Lipinski definition) is 0. The van der Waals surface area contributed by atoms with Crippen molar-refractivity contribution in [1.29, 1.82) is 0 Å². The maximum Gasteiger partial charge on any atom is 0.339 e. The number of halogens is 1. The minimum Gasteiger partial charge on any atom is -0.465 e. The van der Waals surface area contributed by atoms with Gasteiger partial charge < -0.3 is 9.64 Å². The molecule has 7 nitrogen and oxygen atoms in total. The average molecular weight is 473 g/mol. The number of esters is 1. The van der Waals surface area contributed by atoms with Gasteiger partial charge in [0.2, 0.25) is 15.9 Å². The number of amides is 1. The Morgan fingerprint density at radius 2 is 1.71 bits per heavy atom. The molecule has 1 heterocycles. The quantitative estimate of drug-likeness (QED) is 0.628. The molecule has 0 bridgehead atoms. The van der Waals surface area contributed by atoms with E-state index in [9.17, 15) is 18.0 Å². The third kappa shape index (κ3) is 4.41. The van der Waals surface area contributed by atoms with Crippen molar-refractivity contribution in [2.24, 2.45) is 5.92 Å². The lowest BCUT2D eigenvalue weighted by Crippen LogP contribution is -2.52. The Bertz CT molecular complexity index is 844. The molecule has 0 atom stereocenters. The number of methoxy groups -OCH3 is 1. The highest BCUT2D eigenvalue weighted by atomic mass is 79.9. The van der Waals surface area contributed by atoms with Gasteiger partial charge in [0.05, 0.1) is 17.6 Å². The first-order valence-corrected chi connectivity index (χ1v) is 11.7. The van der Waals surface area contributed by atoms with Crippen LogP contribution in [-0.4, -0.2) is 62.8 Å². The molecular formula is C19H25BrN2O5S. The van der Waals surface area contributed by atoms with Crippen molar-refractivity contribution in [3.05, 3.63) is 28.2 Å². The molecule has 1 amide bonds. The summed E-state index contributed by atoms with van der Waals surface area (Å²) in [6, 6.07) is 4.32. The zero-order chi connectivity index (χ0) is 20.3. The van der Waals surface area contributed by atoms with Crippen LogP contribution >= 0.6 is 15.9 Å². The van der Waals surface area contributed by atoms with E-state index in [4.69, 9.17) is 4.74 Å². The predicted molar refractivity (Wildman–Crippen MR) is 107 cm³/mol. The summed E-state index contributed by atoms with van der Waals surface area (Å²) in [6.07, 6.45) is 5.25. The van der Waals surface area contributed by atoms with Gasteiger partial charge in [0.15, 0.2) is 0 Å². The zero-order valence-corrected chi connectivity index (χ0v) is 18.3. The number of hydrogen-bond acceptors (Lipinski definition) is 5. The van der Waals surface area contributed by atoms with E-state index in [0.29, 0.717) is 17.6 Å². The van der Waals surface area contributed by atoms with Gasteiger partial charge in [0.1, 0.15) is 0 Å². The summed E-state index contributed by atoms with van der Waals surface area (Å²) < 4.78 is 32.5. The third-order valence-electron chi connectivity index (χ3n) is 5.49. The molecule has 1 aromatic rings. The standard InChI is InChI=1S/C19H25BrN2O5S/c1-27-19(24)16-13-15(7-8-17(16)20)28(25,26)22-11-9-21(10-12-22)18(23)14-5-3-2-4-6-14/h7-8,13-14H,2-6,9-12H2,1H3. The number of carbonyl (C=O) groups is 2. The second-order valence-electron chi connectivity index (χ2n) is 7.20. The fourth-order valence-electron chi connectivity index (χ4n) is 3.84. The molecule has 1 saturated carbocycles. The largest absolute Gasteiger partial charge is 0.465 e. The van der Waals surface area contributed by atoms with E-state index in [2.05, 4.69) is 15.9 Å². The van der Waals surface area contributed by atoms with Crippen molar-refractivity contribution in [2.45, 2.75) is 37.0 Å². The number of nitrogens with zero attached hydrogens (tertiary/aromatic N) is 2. The van der Waals surface area contributed by atoms with Crippen molar-refractivity contribution >= 4 is 37.8 Å². The van der Waals surface area contributed by atoms with Crippen molar-refractivity contribution in [1.82, 2.24) is 9.21 Å². The van der Waals surface area contributed by atoms with Gasteiger partial charge in [-0.1, -0.05) is 19.3 Å². The number of ether oxygens (including phenoxy) is 1. The maximum absolute atomic E-state index is 13.0. The number of piperazine rings is 1. The van der Waals surface area contributed by atoms with Crippen LogP contribution in [0.2, 0.25) is 0 Å². The summed E-state index contributed by atoms with van der Waals surface area (Å²) in [5.41, 5.74) is 0.162. The van der Waals surface area contributed by atoms with Crippen LogP contribution in [0.1, 0.15) is 42.5 Å². The molecule has 154 valence electrons. The molecule has 1 aromatic carbocycles. The number of carbonyl (C=O) groups excluding carboxylic acids is 2. The van der Waals surface area contributed by atoms with E-state index in [1.807, 2.05) is 0 Å². The van der Waals surface area contributed by atoms with E-state index in [-0.39, 0.29) is 35.4 Å². The Hall–Kier alpha value is -1.45. The zero-order valence-electron chi connectivity index (χ0n) is 15.9. The molecule has 0 unspecified atom stereocenters. The van der Waals surface area contributed by atoms with E-state index >= 15 is 0 Å². The van der Waals surface area contributed by atoms with Crippen molar-refractivity contribution in [3.63, 3.8) is 0 Å². The molecule has 1 saturated heterocycles. The lowest BCUT2D eigenvalue weighted by atomic mass is 9.88. The van der Waals surface area contributed by atoms with Gasteiger partial charge in [-0.05, 0) is 47.0 Å². The first kappa shape index (κ1) is 21.3. The van der Waals surface area contributed by atoms with Crippen LogP contribution in [0.15, 0.2) is 27.6 Å². The van der Waals surface area contributed by atoms with Crippen molar-refractivity contribution < 1.29 is 22.7 Å². The summed E-state index contributed by atoms with van der Waals surface area (Å²) in [7, 11) is -2.50. The summed E-state index contributed by atoms with van der Waals surface area (Å²) in [5, 5.41) is 0. The van der Waals surface area contributed by atoms with Crippen molar-refractivity contribution in [3.8, 4) is 0 Å². The van der Waals surface area contributed by atoms with Crippen molar-refractivity contribution in [2.75, 3.05) is 33.3 Å². The number of sulfonamides is 1. The second-order valence-corrected chi connectivity index (χ2v) is 9.99. The number of benzene rings is 1. The highest BCUT2D eigenvalue weighted by Gasteiger charge is 2.33. The molecule has 2 aliphatic rings. The lowest BCUT2D eigenvalue weighted by Gasteiger charge is -2.36. The minimum absolute atomic E-state index is 0.0446. The molecule has 0 N–H and O–H groups in total. The monoisotopic (exact) mass is 472 g/mol. The van der Waals surface area contributed by atoms with Gasteiger partial charge in [0.25, 0.3) is 0 Å². The van der Waals surface area contributed by atoms with E-state index in [1.165, 1.54) is 36.0 Å². The highest BCUT2D eigenvalue weighted by molar-refractivity contribution is 9.10. The van der Waals surface area contributed by atoms with E-state index in [0.717, 1.165) is 25.7 Å². The van der Waals surface area contributed by atoms with Gasteiger partial charge in [-0.15, -0.1) is 0 Å². The Morgan fingerprint density at radius 3 is 2.32 bits per heavy atom. The van der Waals surface area contributed by atoms with Crippen LogP contribution in [-0.2, 0) is 19.6 Å². The molecule has 2 fully saturated rings. The predicted octanol–water partition coefficient (Wildman–Crippen LogP) is 2.65. The minimum atomic E-state index is -3.75. The Morgan fingerprint density at radius 1 is 1.07 bits per heavy atom. The van der Waals surface area contributed by atoms with Gasteiger partial charge in [-0.2, -0.15) is 4.31 Å². The van der Waals surface area contributed by atoms with Crippen LogP contribution < -0.4 is 0 Å². The molecule has 0 aromatic heterocycles. The lowest BCUT2D eigenvalue weighted by molar-refractivity contribution is -0.137. The Balaban J connectivity index is 1.69. The fourth-order valence-corrected chi connectivity index (χ4v) is 5.69. The smallest absolute Gasteiger partial charge is 0.339 e. The van der Waals surface area contributed by atoms with Gasteiger partial charge in [-0.25, -0.2) is 13.2 Å². The van der Waals surface area contributed by atoms with E-state index in [1.54, 1.807) is 4.90 Å². The summed E-state index contributed by atoms with van der Waals surface area (Å²) in [6.45, 7) is 1.30. The fraction of sp³-hybridized carbons (Fsp3) is 0.579. The molecule has 9 heteroatoms. The summed E-state index contributed by atoms with van der Waals surface area (Å²) >= 11 is 3.24. The first-order valence-electron chi connectivity index (χ1n) is 9.51. The maximum atomic E-state index is 13.0. The molecule has 1 aliphatic heterocycles. The highest BCUT2D eigenvalue weighted by Crippen LogP contribution is 2.27. The molecule has 1 aliphatic carbocycles. The Labute approximate surface area is 174 Å². The molecule has 0 radical (unpaired) electrons. The summed E-state index contributed by atoms with van der Waals surface area (Å²) in [4.78, 5) is 26.4. The second kappa shape index (κ2) is 8.92. The van der Waals surface area contributed by atoms with Crippen LogP contribution in [0.4, 0.5) is 0 Å². The molecule has 3 rings (SSSR count). The topological polar surface area (TPSA) is 84.0 Å². The third-order valence-corrected chi connectivity index (χ3v) is 8.07. The van der Waals surface area contributed by atoms with Gasteiger partial charge >= 0.3 is 5.97 Å². The molecular weight excluding hydrogens is 448 g/mol. The average Bonchev–Trinajstić information content (AvgIpc) is 2.73. The van der Waals surface area contributed by atoms with Crippen LogP contribution in [0.25, 0.3) is 0 Å². The normalized spacial score (nSPS) is 19.4. The Kier molecular flexibility index (Phi) is 6.77. The summed E-state index contributed by atoms with van der Waals surface area (Å²) in [5.74, 6) is -0.355. The molecule has 0 spiro atoms. The van der Waals surface area contributed by atoms with Crippen LogP contribution in [0, 0.1) is 5.92 Å². The van der Waals surface area contributed by atoms with Gasteiger partial charge in [0, 0.05) is 36.6 Å². The SMILES string of the molecule is COC(=O)c1cc(S(=O)(=O)N2CCN(C(=O)C3CCCCC3)CC2)ccc1Br. The molecule has 28 heavy (non-hydrogen) atoms. The van der Waals surface area contributed by atoms with Gasteiger partial charge in [-0.3, -0.25) is 4.79 Å². The van der Waals surface area contributed by atoms with Crippen LogP contribution in [0.3, 0.4) is 0 Å².